The second-order valence-electron chi connectivity index (χ2n) is 4.45. The van der Waals surface area contributed by atoms with E-state index in [9.17, 15) is 18.3 Å². The van der Waals surface area contributed by atoms with Crippen molar-refractivity contribution in [3.8, 4) is 0 Å². The lowest BCUT2D eigenvalue weighted by Crippen LogP contribution is -2.33. The third-order valence-electron chi connectivity index (χ3n) is 3.20. The van der Waals surface area contributed by atoms with Crippen molar-refractivity contribution in [2.45, 2.75) is 31.2 Å². The fourth-order valence-electron chi connectivity index (χ4n) is 2.29. The van der Waals surface area contributed by atoms with Crippen molar-refractivity contribution in [3.63, 3.8) is 0 Å². The van der Waals surface area contributed by atoms with E-state index >= 15 is 0 Å². The first-order valence-corrected chi connectivity index (χ1v) is 5.54. The molecule has 1 aliphatic carbocycles. The Kier molecular flexibility index (Phi) is 2.34. The lowest BCUT2D eigenvalue weighted by molar-refractivity contribution is -0.149. The van der Waals surface area contributed by atoms with Gasteiger partial charge in [-0.15, -0.1) is 0 Å². The number of aliphatic hydroxyl groups is 1. The average Bonchev–Trinajstić information content (AvgIpc) is 2.63. The van der Waals surface area contributed by atoms with Crippen molar-refractivity contribution in [1.82, 2.24) is 14.5 Å². The van der Waals surface area contributed by atoms with Crippen molar-refractivity contribution in [1.29, 1.82) is 0 Å². The van der Waals surface area contributed by atoms with Gasteiger partial charge in [-0.05, 0) is 18.9 Å². The van der Waals surface area contributed by atoms with Crippen molar-refractivity contribution in [2.75, 3.05) is 0 Å². The highest BCUT2D eigenvalue weighted by Crippen LogP contribution is 2.40. The molecule has 0 atom stereocenters. The highest BCUT2D eigenvalue weighted by atomic mass is 19.4. The molecule has 7 heteroatoms. The van der Waals surface area contributed by atoms with Crippen LogP contribution in [0.25, 0.3) is 11.0 Å². The van der Waals surface area contributed by atoms with E-state index in [0.717, 1.165) is 0 Å². The van der Waals surface area contributed by atoms with Crippen molar-refractivity contribution in [3.05, 3.63) is 24.3 Å². The Labute approximate surface area is 100 Å². The first kappa shape index (κ1) is 11.5. The number of rotatable bonds is 1. The molecule has 1 aliphatic rings. The van der Waals surface area contributed by atoms with Crippen molar-refractivity contribution < 1.29 is 18.3 Å². The summed E-state index contributed by atoms with van der Waals surface area (Å²) in [5, 5.41) is 9.26. The number of fused-ring (bicyclic) bond motifs is 1. The summed E-state index contributed by atoms with van der Waals surface area (Å²) in [6.07, 6.45) is -1.60. The molecule has 3 rings (SSSR count). The van der Waals surface area contributed by atoms with Crippen LogP contribution in [0, 0.1) is 0 Å². The molecule has 1 fully saturated rings. The summed E-state index contributed by atoms with van der Waals surface area (Å²) < 4.78 is 40.0. The molecule has 2 aromatic heterocycles. The largest absolute Gasteiger partial charge is 0.449 e. The van der Waals surface area contributed by atoms with Gasteiger partial charge in [0, 0.05) is 12.2 Å². The molecule has 0 bridgehead atoms. The summed E-state index contributed by atoms with van der Waals surface area (Å²) in [4.78, 5) is 7.38. The Morgan fingerprint density at radius 3 is 2.67 bits per heavy atom. The molecule has 0 radical (unpaired) electrons. The zero-order valence-electron chi connectivity index (χ0n) is 9.22. The molecule has 1 saturated carbocycles. The van der Waals surface area contributed by atoms with Gasteiger partial charge in [0.1, 0.15) is 5.52 Å². The number of hydrogen-bond acceptors (Lipinski definition) is 3. The Balaban J connectivity index is 2.18. The van der Waals surface area contributed by atoms with Crippen LogP contribution in [0.3, 0.4) is 0 Å². The number of alkyl halides is 3. The Morgan fingerprint density at radius 1 is 1.33 bits per heavy atom. The predicted octanol–water partition coefficient (Wildman–Crippen LogP) is 2.15. The smallest absolute Gasteiger partial charge is 0.393 e. The minimum atomic E-state index is -4.50. The van der Waals surface area contributed by atoms with Gasteiger partial charge in [-0.1, -0.05) is 0 Å². The van der Waals surface area contributed by atoms with Crippen LogP contribution >= 0.6 is 0 Å². The lowest BCUT2D eigenvalue weighted by Gasteiger charge is -2.34. The molecule has 0 aromatic carbocycles. The number of imidazole rings is 1. The number of halogens is 3. The molecular weight excluding hydrogens is 247 g/mol. The van der Waals surface area contributed by atoms with Crippen molar-refractivity contribution in [2.24, 2.45) is 0 Å². The monoisotopic (exact) mass is 257 g/mol. The summed E-state index contributed by atoms with van der Waals surface area (Å²) in [7, 11) is 0. The maximum absolute atomic E-state index is 12.9. The Bertz CT molecular complexity index is 587. The average molecular weight is 257 g/mol. The van der Waals surface area contributed by atoms with Crippen LogP contribution in [0.2, 0.25) is 0 Å². The molecule has 1 N–H and O–H groups in total. The number of aromatic nitrogens is 3. The molecule has 2 aromatic rings. The fourth-order valence-corrected chi connectivity index (χ4v) is 2.29. The Hall–Kier alpha value is -1.63. The quantitative estimate of drug-likeness (QED) is 0.851. The van der Waals surface area contributed by atoms with E-state index in [1.807, 2.05) is 0 Å². The van der Waals surface area contributed by atoms with E-state index in [4.69, 9.17) is 0 Å². The van der Waals surface area contributed by atoms with E-state index in [1.165, 1.54) is 23.0 Å². The van der Waals surface area contributed by atoms with Gasteiger partial charge < -0.3 is 9.67 Å². The van der Waals surface area contributed by atoms with Gasteiger partial charge in [0.2, 0.25) is 5.82 Å². The van der Waals surface area contributed by atoms with Gasteiger partial charge in [-0.2, -0.15) is 13.2 Å². The minimum Gasteiger partial charge on any atom is -0.393 e. The summed E-state index contributed by atoms with van der Waals surface area (Å²) >= 11 is 0. The maximum Gasteiger partial charge on any atom is 0.449 e. The topological polar surface area (TPSA) is 50.9 Å². The second kappa shape index (κ2) is 3.68. The summed E-state index contributed by atoms with van der Waals surface area (Å²) in [6, 6.07) is 1.17. The minimum absolute atomic E-state index is 0.228. The molecule has 18 heavy (non-hydrogen) atoms. The Morgan fingerprint density at radius 2 is 2.06 bits per heavy atom. The van der Waals surface area contributed by atoms with Gasteiger partial charge in [0.15, 0.2) is 0 Å². The number of nitrogens with zero attached hydrogens (tertiary/aromatic N) is 3. The van der Waals surface area contributed by atoms with E-state index < -0.39 is 18.1 Å². The highest BCUT2D eigenvalue weighted by molar-refractivity contribution is 5.75. The van der Waals surface area contributed by atoms with Crippen LogP contribution < -0.4 is 0 Å². The molecule has 0 saturated heterocycles. The summed E-state index contributed by atoms with van der Waals surface area (Å²) in [6.45, 7) is 0. The predicted molar refractivity (Wildman–Crippen MR) is 56.8 cm³/mol. The van der Waals surface area contributed by atoms with E-state index in [-0.39, 0.29) is 11.6 Å². The number of aliphatic hydroxyl groups excluding tert-OH is 1. The van der Waals surface area contributed by atoms with Gasteiger partial charge >= 0.3 is 6.18 Å². The van der Waals surface area contributed by atoms with Gasteiger partial charge in [0.25, 0.3) is 0 Å². The number of pyridine rings is 1. The second-order valence-corrected chi connectivity index (χ2v) is 4.45. The first-order valence-electron chi connectivity index (χ1n) is 5.54. The van der Waals surface area contributed by atoms with Crippen molar-refractivity contribution >= 4 is 11.0 Å². The molecule has 0 unspecified atom stereocenters. The van der Waals surface area contributed by atoms with Crippen LogP contribution in [-0.4, -0.2) is 25.7 Å². The van der Waals surface area contributed by atoms with E-state index in [2.05, 4.69) is 9.97 Å². The molecular formula is C11H10F3N3O. The summed E-state index contributed by atoms with van der Waals surface area (Å²) in [5.41, 5.74) is 0.639. The maximum atomic E-state index is 12.9. The zero-order chi connectivity index (χ0) is 12.9. The van der Waals surface area contributed by atoms with Gasteiger partial charge in [0.05, 0.1) is 17.8 Å². The molecule has 0 aliphatic heterocycles. The third kappa shape index (κ3) is 1.66. The molecule has 0 spiro atoms. The standard InChI is InChI=1S/C11H10F3N3O/c12-11(13,14)10-16-8-5-15-2-1-9(8)17(10)6-3-7(18)4-6/h1-2,5-7,18H,3-4H2. The zero-order valence-corrected chi connectivity index (χ0v) is 9.22. The van der Waals surface area contributed by atoms with Crippen LogP contribution in [0.4, 0.5) is 13.2 Å². The fraction of sp³-hybridized carbons (Fsp3) is 0.455. The van der Waals surface area contributed by atoms with E-state index in [1.54, 1.807) is 0 Å². The van der Waals surface area contributed by atoms with E-state index in [0.29, 0.717) is 18.4 Å². The first-order chi connectivity index (χ1) is 8.47. The van der Waals surface area contributed by atoms with Gasteiger partial charge in [-0.25, -0.2) is 4.98 Å². The molecule has 4 nitrogen and oxygen atoms in total. The number of hydrogen-bond donors (Lipinski definition) is 1. The normalized spacial score (nSPS) is 24.2. The molecule has 2 heterocycles. The highest BCUT2D eigenvalue weighted by Gasteiger charge is 2.41. The van der Waals surface area contributed by atoms with Gasteiger partial charge in [-0.3, -0.25) is 4.98 Å². The lowest BCUT2D eigenvalue weighted by atomic mass is 9.89. The third-order valence-corrected chi connectivity index (χ3v) is 3.20. The molecule has 0 amide bonds. The van der Waals surface area contributed by atoms with Crippen LogP contribution in [-0.2, 0) is 6.18 Å². The van der Waals surface area contributed by atoms with Crippen LogP contribution in [0.5, 0.6) is 0 Å². The van der Waals surface area contributed by atoms with Crippen LogP contribution in [0.15, 0.2) is 18.5 Å². The van der Waals surface area contributed by atoms with Crippen LogP contribution in [0.1, 0.15) is 24.7 Å². The summed E-state index contributed by atoms with van der Waals surface area (Å²) in [5.74, 6) is -0.914. The molecule has 96 valence electrons. The SMILES string of the molecule is OC1CC(n2c(C(F)(F)F)nc3cnccc32)C1.